The van der Waals surface area contributed by atoms with Crippen molar-refractivity contribution in [3.05, 3.63) is 35.9 Å². The molecule has 3 atom stereocenters. The SMILES string of the molecule is C[C@@H]1CN(Cc2ccccc2)[C@@H]2CCCC[C@]12C. The van der Waals surface area contributed by atoms with Gasteiger partial charge in [-0.1, -0.05) is 57.0 Å². The second kappa shape index (κ2) is 4.70. The Morgan fingerprint density at radius 3 is 2.78 bits per heavy atom. The summed E-state index contributed by atoms with van der Waals surface area (Å²) in [6.07, 6.45) is 5.71. The summed E-state index contributed by atoms with van der Waals surface area (Å²) in [4.78, 5) is 2.75. The van der Waals surface area contributed by atoms with E-state index in [9.17, 15) is 0 Å². The van der Waals surface area contributed by atoms with Crippen LogP contribution in [-0.4, -0.2) is 17.5 Å². The van der Waals surface area contributed by atoms with Gasteiger partial charge in [-0.25, -0.2) is 0 Å². The van der Waals surface area contributed by atoms with Gasteiger partial charge in [0.2, 0.25) is 0 Å². The minimum absolute atomic E-state index is 0.576. The smallest absolute Gasteiger partial charge is 0.0237 e. The monoisotopic (exact) mass is 243 g/mol. The van der Waals surface area contributed by atoms with Gasteiger partial charge in [-0.05, 0) is 29.7 Å². The molecular formula is C17H25N. The molecular weight excluding hydrogens is 218 g/mol. The Bertz CT molecular complexity index is 399. The molecule has 1 aromatic carbocycles. The van der Waals surface area contributed by atoms with E-state index in [1.165, 1.54) is 37.8 Å². The van der Waals surface area contributed by atoms with E-state index >= 15 is 0 Å². The van der Waals surface area contributed by atoms with Crippen molar-refractivity contribution in [3.63, 3.8) is 0 Å². The van der Waals surface area contributed by atoms with Gasteiger partial charge in [0, 0.05) is 19.1 Å². The average molecular weight is 243 g/mol. The molecule has 2 fully saturated rings. The first-order valence-corrected chi connectivity index (χ1v) is 7.48. The topological polar surface area (TPSA) is 3.24 Å². The van der Waals surface area contributed by atoms with E-state index in [1.807, 2.05) is 0 Å². The van der Waals surface area contributed by atoms with Crippen LogP contribution in [0.3, 0.4) is 0 Å². The Morgan fingerprint density at radius 1 is 1.22 bits per heavy atom. The lowest BCUT2D eigenvalue weighted by Crippen LogP contribution is -2.41. The van der Waals surface area contributed by atoms with Crippen molar-refractivity contribution in [1.29, 1.82) is 0 Å². The Kier molecular flexibility index (Phi) is 3.19. The zero-order valence-electron chi connectivity index (χ0n) is 11.7. The maximum Gasteiger partial charge on any atom is 0.0237 e. The fourth-order valence-electron chi connectivity index (χ4n) is 4.19. The predicted octanol–water partition coefficient (Wildman–Crippen LogP) is 4.09. The highest BCUT2D eigenvalue weighted by Gasteiger charge is 2.49. The molecule has 1 saturated heterocycles. The highest BCUT2D eigenvalue weighted by Crippen LogP contribution is 2.50. The van der Waals surface area contributed by atoms with Gasteiger partial charge >= 0.3 is 0 Å². The highest BCUT2D eigenvalue weighted by atomic mass is 15.2. The molecule has 0 amide bonds. The van der Waals surface area contributed by atoms with Gasteiger partial charge in [0.15, 0.2) is 0 Å². The van der Waals surface area contributed by atoms with Crippen molar-refractivity contribution in [2.75, 3.05) is 6.54 Å². The molecule has 0 unspecified atom stereocenters. The van der Waals surface area contributed by atoms with Crippen LogP contribution >= 0.6 is 0 Å². The van der Waals surface area contributed by atoms with E-state index < -0.39 is 0 Å². The van der Waals surface area contributed by atoms with Crippen LogP contribution in [0.2, 0.25) is 0 Å². The molecule has 0 bridgehead atoms. The Morgan fingerprint density at radius 2 is 2.00 bits per heavy atom. The minimum Gasteiger partial charge on any atom is -0.295 e. The van der Waals surface area contributed by atoms with Crippen molar-refractivity contribution in [2.24, 2.45) is 11.3 Å². The average Bonchev–Trinajstić information content (AvgIpc) is 2.63. The van der Waals surface area contributed by atoms with Gasteiger partial charge in [0.05, 0.1) is 0 Å². The van der Waals surface area contributed by atoms with Gasteiger partial charge in [-0.3, -0.25) is 4.90 Å². The molecule has 0 radical (unpaired) electrons. The maximum atomic E-state index is 2.75. The number of fused-ring (bicyclic) bond motifs is 1. The van der Waals surface area contributed by atoms with E-state index in [1.54, 1.807) is 0 Å². The number of nitrogens with zero attached hydrogens (tertiary/aromatic N) is 1. The van der Waals surface area contributed by atoms with Crippen LogP contribution in [-0.2, 0) is 6.54 Å². The Hall–Kier alpha value is -0.820. The van der Waals surface area contributed by atoms with Gasteiger partial charge in [0.1, 0.15) is 0 Å². The van der Waals surface area contributed by atoms with Crippen LogP contribution in [0.5, 0.6) is 0 Å². The molecule has 1 aliphatic heterocycles. The van der Waals surface area contributed by atoms with Gasteiger partial charge < -0.3 is 0 Å². The zero-order chi connectivity index (χ0) is 12.6. The van der Waals surface area contributed by atoms with Gasteiger partial charge in [-0.15, -0.1) is 0 Å². The second-order valence-electron chi connectivity index (χ2n) is 6.58. The molecule has 2 aliphatic rings. The van der Waals surface area contributed by atoms with Gasteiger partial charge in [0.25, 0.3) is 0 Å². The fourth-order valence-corrected chi connectivity index (χ4v) is 4.19. The molecule has 1 heterocycles. The van der Waals surface area contributed by atoms with Crippen LogP contribution in [0, 0.1) is 11.3 Å². The normalized spacial score (nSPS) is 36.6. The van der Waals surface area contributed by atoms with Crippen molar-refractivity contribution in [1.82, 2.24) is 4.90 Å². The molecule has 1 aromatic rings. The Balaban J connectivity index is 1.78. The number of likely N-dealkylation sites (tertiary alicyclic amines) is 1. The van der Waals surface area contributed by atoms with E-state index in [2.05, 4.69) is 49.1 Å². The zero-order valence-corrected chi connectivity index (χ0v) is 11.7. The molecule has 3 rings (SSSR count). The molecule has 0 spiro atoms. The summed E-state index contributed by atoms with van der Waals surface area (Å²) in [5, 5.41) is 0. The molecule has 1 heteroatoms. The van der Waals surface area contributed by atoms with E-state index in [0.29, 0.717) is 5.41 Å². The number of rotatable bonds is 2. The van der Waals surface area contributed by atoms with Crippen molar-refractivity contribution >= 4 is 0 Å². The van der Waals surface area contributed by atoms with E-state index in [0.717, 1.165) is 18.5 Å². The lowest BCUT2D eigenvalue weighted by atomic mass is 9.67. The van der Waals surface area contributed by atoms with Crippen molar-refractivity contribution in [3.8, 4) is 0 Å². The summed E-state index contributed by atoms with van der Waals surface area (Å²) in [6, 6.07) is 11.8. The summed E-state index contributed by atoms with van der Waals surface area (Å²) in [6.45, 7) is 7.43. The molecule has 1 saturated carbocycles. The first-order chi connectivity index (χ1) is 8.70. The van der Waals surface area contributed by atoms with E-state index in [-0.39, 0.29) is 0 Å². The Labute approximate surface area is 111 Å². The summed E-state index contributed by atoms with van der Waals surface area (Å²) in [5.41, 5.74) is 2.05. The third kappa shape index (κ3) is 1.99. The van der Waals surface area contributed by atoms with E-state index in [4.69, 9.17) is 0 Å². The molecule has 1 aliphatic carbocycles. The van der Waals surface area contributed by atoms with Crippen LogP contribution in [0.1, 0.15) is 45.1 Å². The molecule has 0 N–H and O–H groups in total. The maximum absolute atomic E-state index is 2.75. The molecule has 18 heavy (non-hydrogen) atoms. The number of hydrogen-bond acceptors (Lipinski definition) is 1. The number of hydrogen-bond donors (Lipinski definition) is 0. The standard InChI is InChI=1S/C17H25N/c1-14-12-18(13-15-8-4-3-5-9-15)16-10-6-7-11-17(14,16)2/h3-5,8-9,14,16H,6-7,10-13H2,1-2H3/t14-,16-,17-/m1/s1. The minimum atomic E-state index is 0.576. The summed E-state index contributed by atoms with van der Waals surface area (Å²) in [7, 11) is 0. The predicted molar refractivity (Wildman–Crippen MR) is 76.4 cm³/mol. The van der Waals surface area contributed by atoms with Crippen LogP contribution in [0.4, 0.5) is 0 Å². The highest BCUT2D eigenvalue weighted by molar-refractivity contribution is 5.16. The van der Waals surface area contributed by atoms with Crippen LogP contribution in [0.15, 0.2) is 30.3 Å². The third-order valence-corrected chi connectivity index (χ3v) is 5.51. The molecule has 0 aromatic heterocycles. The third-order valence-electron chi connectivity index (χ3n) is 5.51. The second-order valence-corrected chi connectivity index (χ2v) is 6.58. The van der Waals surface area contributed by atoms with Crippen LogP contribution in [0.25, 0.3) is 0 Å². The lowest BCUT2D eigenvalue weighted by Gasteiger charge is -2.41. The summed E-state index contributed by atoms with van der Waals surface area (Å²) >= 11 is 0. The van der Waals surface area contributed by atoms with Crippen molar-refractivity contribution in [2.45, 2.75) is 52.1 Å². The first-order valence-electron chi connectivity index (χ1n) is 7.48. The quantitative estimate of drug-likeness (QED) is 0.756. The lowest BCUT2D eigenvalue weighted by molar-refractivity contribution is 0.0963. The van der Waals surface area contributed by atoms with Crippen molar-refractivity contribution < 1.29 is 0 Å². The molecule has 1 nitrogen and oxygen atoms in total. The largest absolute Gasteiger partial charge is 0.295 e. The number of benzene rings is 1. The first kappa shape index (κ1) is 12.2. The fraction of sp³-hybridized carbons (Fsp3) is 0.647. The van der Waals surface area contributed by atoms with Gasteiger partial charge in [-0.2, -0.15) is 0 Å². The molecule has 98 valence electrons. The summed E-state index contributed by atoms with van der Waals surface area (Å²) < 4.78 is 0. The summed E-state index contributed by atoms with van der Waals surface area (Å²) in [5.74, 6) is 0.853. The van der Waals surface area contributed by atoms with Crippen LogP contribution < -0.4 is 0 Å².